The lowest BCUT2D eigenvalue weighted by molar-refractivity contribution is -0.120. The third-order valence-corrected chi connectivity index (χ3v) is 4.80. The van der Waals surface area contributed by atoms with Gasteiger partial charge in [-0.15, -0.1) is 0 Å². The van der Waals surface area contributed by atoms with Crippen molar-refractivity contribution in [3.8, 4) is 6.19 Å². The Bertz CT molecular complexity index is 748. The molecule has 24 heavy (non-hydrogen) atoms. The molecule has 0 bridgehead atoms. The normalized spacial score (nSPS) is 21.3. The van der Waals surface area contributed by atoms with Crippen molar-refractivity contribution in [2.45, 2.75) is 32.4 Å². The average molecular weight is 323 g/mol. The van der Waals surface area contributed by atoms with Gasteiger partial charge in [0.1, 0.15) is 0 Å². The van der Waals surface area contributed by atoms with Gasteiger partial charge in [-0.25, -0.2) is 4.98 Å². The number of anilines is 1. The van der Waals surface area contributed by atoms with E-state index in [9.17, 15) is 4.79 Å². The zero-order valence-corrected chi connectivity index (χ0v) is 13.9. The summed E-state index contributed by atoms with van der Waals surface area (Å²) in [6.07, 6.45) is 6.40. The first kappa shape index (κ1) is 16.1. The Kier molecular flexibility index (Phi) is 4.52. The van der Waals surface area contributed by atoms with Crippen LogP contribution in [-0.2, 0) is 4.79 Å². The molecule has 1 fully saturated rings. The van der Waals surface area contributed by atoms with Crippen molar-refractivity contribution in [3.05, 3.63) is 48.4 Å². The third kappa shape index (κ3) is 3.11. The molecule has 1 aromatic carbocycles. The Balaban J connectivity index is 1.66. The molecule has 6 nitrogen and oxygen atoms in total. The van der Waals surface area contributed by atoms with E-state index in [4.69, 9.17) is 5.26 Å². The SMILES string of the molecule is CC(c1ccccc1)n1cnc(NC(=O)[C@H]2CCN(C#N)[C@H]2C)c1. The predicted molar refractivity (Wildman–Crippen MR) is 91.0 cm³/mol. The number of amides is 1. The molecule has 1 amide bonds. The Morgan fingerprint density at radius 2 is 2.17 bits per heavy atom. The number of nitrogens with zero attached hydrogens (tertiary/aromatic N) is 4. The molecule has 0 saturated carbocycles. The lowest BCUT2D eigenvalue weighted by Crippen LogP contribution is -2.33. The standard InChI is InChI=1S/C18H21N5O/c1-13(15-6-4-3-5-7-15)23-10-17(20-12-23)21-18(24)16-8-9-22(11-19)14(16)2/h3-7,10,12-14,16H,8-9H2,1-2H3,(H,21,24)/t13?,14-,16-/m0/s1. The molecule has 1 N–H and O–H groups in total. The molecule has 3 atom stereocenters. The van der Waals surface area contributed by atoms with Gasteiger partial charge in [0.25, 0.3) is 0 Å². The van der Waals surface area contributed by atoms with Crippen molar-refractivity contribution in [2.24, 2.45) is 5.92 Å². The van der Waals surface area contributed by atoms with E-state index in [1.165, 1.54) is 5.56 Å². The highest BCUT2D eigenvalue weighted by atomic mass is 16.2. The van der Waals surface area contributed by atoms with E-state index in [1.807, 2.05) is 35.9 Å². The molecular formula is C18H21N5O. The summed E-state index contributed by atoms with van der Waals surface area (Å²) in [7, 11) is 0. The summed E-state index contributed by atoms with van der Waals surface area (Å²) < 4.78 is 1.98. The summed E-state index contributed by atoms with van der Waals surface area (Å²) in [6, 6.07) is 10.2. The molecule has 2 heterocycles. The van der Waals surface area contributed by atoms with Crippen LogP contribution in [0.5, 0.6) is 0 Å². The molecule has 6 heteroatoms. The van der Waals surface area contributed by atoms with Crippen LogP contribution in [0.25, 0.3) is 0 Å². The highest BCUT2D eigenvalue weighted by Crippen LogP contribution is 2.25. The number of aromatic nitrogens is 2. The number of nitriles is 1. The summed E-state index contributed by atoms with van der Waals surface area (Å²) in [6.45, 7) is 4.64. The van der Waals surface area contributed by atoms with E-state index < -0.39 is 0 Å². The summed E-state index contributed by atoms with van der Waals surface area (Å²) in [5, 5.41) is 11.9. The van der Waals surface area contributed by atoms with Crippen LogP contribution in [0.2, 0.25) is 0 Å². The van der Waals surface area contributed by atoms with Gasteiger partial charge in [-0.3, -0.25) is 4.79 Å². The molecule has 1 unspecified atom stereocenters. The van der Waals surface area contributed by atoms with Crippen LogP contribution < -0.4 is 5.32 Å². The molecule has 0 radical (unpaired) electrons. The lowest BCUT2D eigenvalue weighted by Gasteiger charge is -2.18. The zero-order chi connectivity index (χ0) is 17.1. The fourth-order valence-electron chi connectivity index (χ4n) is 3.17. The van der Waals surface area contributed by atoms with Gasteiger partial charge in [0, 0.05) is 18.8 Å². The van der Waals surface area contributed by atoms with Crippen molar-refractivity contribution in [1.29, 1.82) is 5.26 Å². The Hall–Kier alpha value is -2.81. The number of benzene rings is 1. The maximum Gasteiger partial charge on any atom is 0.230 e. The smallest absolute Gasteiger partial charge is 0.230 e. The highest BCUT2D eigenvalue weighted by Gasteiger charge is 2.35. The fraction of sp³-hybridized carbons (Fsp3) is 0.389. The monoisotopic (exact) mass is 323 g/mol. The minimum Gasteiger partial charge on any atom is -0.328 e. The van der Waals surface area contributed by atoms with Crippen LogP contribution >= 0.6 is 0 Å². The van der Waals surface area contributed by atoms with Crippen LogP contribution in [-0.4, -0.2) is 32.9 Å². The fourth-order valence-corrected chi connectivity index (χ4v) is 3.17. The number of carbonyl (C=O) groups is 1. The van der Waals surface area contributed by atoms with Gasteiger partial charge < -0.3 is 14.8 Å². The van der Waals surface area contributed by atoms with E-state index >= 15 is 0 Å². The van der Waals surface area contributed by atoms with Gasteiger partial charge >= 0.3 is 0 Å². The average Bonchev–Trinajstić information content (AvgIpc) is 3.21. The number of hydrogen-bond acceptors (Lipinski definition) is 4. The van der Waals surface area contributed by atoms with Gasteiger partial charge in [0.05, 0.1) is 18.3 Å². The molecule has 2 aromatic rings. The van der Waals surface area contributed by atoms with Gasteiger partial charge in [-0.05, 0) is 25.8 Å². The summed E-state index contributed by atoms with van der Waals surface area (Å²) in [5.74, 6) is 0.296. The van der Waals surface area contributed by atoms with Crippen LogP contribution in [0.4, 0.5) is 5.82 Å². The second kappa shape index (κ2) is 6.75. The van der Waals surface area contributed by atoms with Gasteiger partial charge in [-0.1, -0.05) is 30.3 Å². The topological polar surface area (TPSA) is 74.0 Å². The summed E-state index contributed by atoms with van der Waals surface area (Å²) in [4.78, 5) is 18.4. The molecule has 3 rings (SSSR count). The summed E-state index contributed by atoms with van der Waals surface area (Å²) in [5.41, 5.74) is 1.18. The number of rotatable bonds is 4. The van der Waals surface area contributed by atoms with E-state index in [-0.39, 0.29) is 23.9 Å². The van der Waals surface area contributed by atoms with Crippen molar-refractivity contribution < 1.29 is 4.79 Å². The van der Waals surface area contributed by atoms with E-state index in [2.05, 4.69) is 35.6 Å². The Labute approximate surface area is 141 Å². The summed E-state index contributed by atoms with van der Waals surface area (Å²) >= 11 is 0. The van der Waals surface area contributed by atoms with Gasteiger partial charge in [0.15, 0.2) is 12.0 Å². The van der Waals surface area contributed by atoms with Crippen molar-refractivity contribution >= 4 is 11.7 Å². The second-order valence-electron chi connectivity index (χ2n) is 6.21. The highest BCUT2D eigenvalue weighted by molar-refractivity contribution is 5.92. The number of carbonyl (C=O) groups excluding carboxylic acids is 1. The lowest BCUT2D eigenvalue weighted by atomic mass is 10.0. The maximum atomic E-state index is 12.4. The van der Waals surface area contributed by atoms with Crippen LogP contribution in [0.3, 0.4) is 0 Å². The minimum absolute atomic E-state index is 0.0691. The van der Waals surface area contributed by atoms with Crippen LogP contribution in [0.1, 0.15) is 31.9 Å². The molecule has 0 spiro atoms. The number of likely N-dealkylation sites (tertiary alicyclic amines) is 1. The molecule has 1 aromatic heterocycles. The van der Waals surface area contributed by atoms with Crippen LogP contribution in [0, 0.1) is 17.4 Å². The first-order chi connectivity index (χ1) is 11.6. The predicted octanol–water partition coefficient (Wildman–Crippen LogP) is 2.62. The molecule has 1 aliphatic rings. The molecule has 1 aliphatic heterocycles. The number of nitrogens with one attached hydrogen (secondary N) is 1. The van der Waals surface area contributed by atoms with E-state index in [1.54, 1.807) is 11.2 Å². The second-order valence-corrected chi connectivity index (χ2v) is 6.21. The number of imidazole rings is 1. The molecule has 1 saturated heterocycles. The Morgan fingerprint density at radius 3 is 2.83 bits per heavy atom. The molecule has 0 aliphatic carbocycles. The third-order valence-electron chi connectivity index (χ3n) is 4.80. The molecular weight excluding hydrogens is 302 g/mol. The van der Waals surface area contributed by atoms with Crippen LogP contribution in [0.15, 0.2) is 42.9 Å². The first-order valence-electron chi connectivity index (χ1n) is 8.16. The van der Waals surface area contributed by atoms with E-state index in [0.717, 1.165) is 0 Å². The maximum absolute atomic E-state index is 12.4. The van der Waals surface area contributed by atoms with E-state index in [0.29, 0.717) is 18.8 Å². The van der Waals surface area contributed by atoms with Gasteiger partial charge in [-0.2, -0.15) is 5.26 Å². The van der Waals surface area contributed by atoms with Crippen molar-refractivity contribution in [1.82, 2.24) is 14.5 Å². The molecule has 124 valence electrons. The largest absolute Gasteiger partial charge is 0.328 e. The quantitative estimate of drug-likeness (QED) is 0.878. The minimum atomic E-state index is -0.179. The zero-order valence-electron chi connectivity index (χ0n) is 13.9. The number of hydrogen-bond donors (Lipinski definition) is 1. The van der Waals surface area contributed by atoms with Crippen molar-refractivity contribution in [2.75, 3.05) is 11.9 Å². The first-order valence-corrected chi connectivity index (χ1v) is 8.16. The van der Waals surface area contributed by atoms with Gasteiger partial charge in [0.2, 0.25) is 5.91 Å². The Morgan fingerprint density at radius 1 is 1.42 bits per heavy atom. The van der Waals surface area contributed by atoms with Crippen molar-refractivity contribution in [3.63, 3.8) is 0 Å².